The molecule has 0 fully saturated rings. The fourth-order valence-corrected chi connectivity index (χ4v) is 2.86. The van der Waals surface area contributed by atoms with E-state index < -0.39 is 11.8 Å². The van der Waals surface area contributed by atoms with Crippen LogP contribution in [-0.2, 0) is 11.4 Å². The number of amides is 2. The number of aromatic nitrogens is 3. The van der Waals surface area contributed by atoms with Gasteiger partial charge >= 0.3 is 0 Å². The third-order valence-corrected chi connectivity index (χ3v) is 4.60. The Morgan fingerprint density at radius 2 is 2.03 bits per heavy atom. The molecule has 31 heavy (non-hydrogen) atoms. The molecular weight excluding hydrogens is 402 g/mol. The Bertz CT molecular complexity index is 1130. The van der Waals surface area contributed by atoms with E-state index in [1.165, 1.54) is 13.2 Å². The molecular formula is C21H23N5O5. The second-order valence-electron chi connectivity index (χ2n) is 6.76. The Labute approximate surface area is 178 Å². The summed E-state index contributed by atoms with van der Waals surface area (Å²) in [7, 11) is 1.53. The molecule has 2 heterocycles. The third-order valence-electron chi connectivity index (χ3n) is 4.60. The average Bonchev–Trinajstić information content (AvgIpc) is 3.27. The molecule has 1 aromatic carbocycles. The molecule has 4 N–H and O–H groups in total. The lowest BCUT2D eigenvalue weighted by Gasteiger charge is -2.11. The molecule has 0 aliphatic carbocycles. The van der Waals surface area contributed by atoms with E-state index >= 15 is 0 Å². The van der Waals surface area contributed by atoms with E-state index in [1.54, 1.807) is 31.2 Å². The number of nitrogens with one attached hydrogen (secondary N) is 2. The van der Waals surface area contributed by atoms with E-state index in [1.807, 2.05) is 13.8 Å². The molecule has 0 bridgehead atoms. The average molecular weight is 425 g/mol. The summed E-state index contributed by atoms with van der Waals surface area (Å²) in [6.07, 6.45) is 2.94. The van der Waals surface area contributed by atoms with Crippen LogP contribution in [0.4, 0.5) is 5.69 Å². The van der Waals surface area contributed by atoms with Gasteiger partial charge in [0.05, 0.1) is 29.7 Å². The fraction of sp³-hybridized carbons (Fsp3) is 0.238. The van der Waals surface area contributed by atoms with Gasteiger partial charge in [-0.3, -0.25) is 14.7 Å². The molecule has 3 rings (SSSR count). The number of carbonyl (C=O) groups excluding carboxylic acids is 2. The Kier molecular flexibility index (Phi) is 6.39. The van der Waals surface area contributed by atoms with Crippen LogP contribution in [0.5, 0.6) is 11.5 Å². The molecule has 0 atom stereocenters. The molecule has 0 radical (unpaired) electrons. The number of nitrogens with zero attached hydrogens (tertiary/aromatic N) is 2. The highest BCUT2D eigenvalue weighted by Crippen LogP contribution is 2.30. The van der Waals surface area contributed by atoms with Crippen LogP contribution in [0.15, 0.2) is 28.8 Å². The molecule has 2 aromatic heterocycles. The molecule has 10 heteroatoms. The van der Waals surface area contributed by atoms with Gasteiger partial charge in [0.15, 0.2) is 17.2 Å². The minimum atomic E-state index is -0.736. The van der Waals surface area contributed by atoms with E-state index in [4.69, 9.17) is 19.7 Å². The number of ether oxygens (including phenoxy) is 2. The van der Waals surface area contributed by atoms with Crippen molar-refractivity contribution in [3.05, 3.63) is 58.2 Å². The number of carbonyl (C=O) groups is 2. The van der Waals surface area contributed by atoms with Crippen molar-refractivity contribution in [3.63, 3.8) is 0 Å². The lowest BCUT2D eigenvalue weighted by molar-refractivity contribution is -0.111. The highest BCUT2D eigenvalue weighted by Gasteiger charge is 2.16. The number of hydrogen-bond donors (Lipinski definition) is 3. The zero-order valence-electron chi connectivity index (χ0n) is 17.6. The van der Waals surface area contributed by atoms with Crippen LogP contribution in [-0.4, -0.2) is 34.3 Å². The monoisotopic (exact) mass is 425 g/mol. The second-order valence-corrected chi connectivity index (χ2v) is 6.76. The van der Waals surface area contributed by atoms with Crippen molar-refractivity contribution in [3.8, 4) is 11.5 Å². The van der Waals surface area contributed by atoms with Crippen molar-refractivity contribution in [1.82, 2.24) is 15.4 Å². The van der Waals surface area contributed by atoms with Crippen molar-refractivity contribution >= 4 is 23.6 Å². The fourth-order valence-electron chi connectivity index (χ4n) is 2.86. The maximum absolute atomic E-state index is 12.3. The second kappa shape index (κ2) is 9.16. The number of benzene rings is 1. The van der Waals surface area contributed by atoms with Crippen LogP contribution < -0.4 is 20.5 Å². The molecule has 0 saturated carbocycles. The summed E-state index contributed by atoms with van der Waals surface area (Å²) in [4.78, 5) is 23.7. The first kappa shape index (κ1) is 21.6. The first-order chi connectivity index (χ1) is 14.8. The number of anilines is 1. The zero-order chi connectivity index (χ0) is 22.5. The molecule has 0 spiro atoms. The van der Waals surface area contributed by atoms with Crippen LogP contribution in [0.2, 0.25) is 0 Å². The Morgan fingerprint density at radius 1 is 1.26 bits per heavy atom. The van der Waals surface area contributed by atoms with Crippen molar-refractivity contribution in [2.45, 2.75) is 27.4 Å². The topological polar surface area (TPSA) is 145 Å². The number of methoxy groups -OCH3 is 1. The van der Waals surface area contributed by atoms with Crippen LogP contribution >= 0.6 is 0 Å². The number of H-pyrrole nitrogens is 1. The molecule has 0 unspecified atom stereocenters. The molecule has 10 nitrogen and oxygen atoms in total. The van der Waals surface area contributed by atoms with Gasteiger partial charge in [0.1, 0.15) is 12.4 Å². The van der Waals surface area contributed by atoms with Gasteiger partial charge in [0, 0.05) is 6.08 Å². The quantitative estimate of drug-likeness (QED) is 0.470. The zero-order valence-corrected chi connectivity index (χ0v) is 17.6. The number of nitrogens with two attached hydrogens (primary N) is 1. The Morgan fingerprint density at radius 3 is 2.68 bits per heavy atom. The number of aryl methyl sites for hydroxylation is 3. The molecule has 3 aromatic rings. The van der Waals surface area contributed by atoms with Crippen molar-refractivity contribution in [2.24, 2.45) is 5.73 Å². The van der Waals surface area contributed by atoms with Gasteiger partial charge in [-0.25, -0.2) is 0 Å². The lowest BCUT2D eigenvalue weighted by atomic mass is 10.1. The molecule has 0 aliphatic heterocycles. The van der Waals surface area contributed by atoms with E-state index in [0.717, 1.165) is 16.8 Å². The summed E-state index contributed by atoms with van der Waals surface area (Å²) in [5.74, 6) is 0.583. The first-order valence-electron chi connectivity index (χ1n) is 9.36. The normalized spacial score (nSPS) is 11.0. The summed E-state index contributed by atoms with van der Waals surface area (Å²) < 4.78 is 16.4. The molecule has 0 saturated heterocycles. The van der Waals surface area contributed by atoms with Gasteiger partial charge in [-0.05, 0) is 44.5 Å². The smallest absolute Gasteiger partial charge is 0.271 e. The largest absolute Gasteiger partial charge is 0.493 e. The van der Waals surface area contributed by atoms with Crippen molar-refractivity contribution < 1.29 is 23.6 Å². The maximum atomic E-state index is 12.3. The van der Waals surface area contributed by atoms with Gasteiger partial charge in [0.25, 0.3) is 5.91 Å². The van der Waals surface area contributed by atoms with E-state index in [9.17, 15) is 9.59 Å². The minimum Gasteiger partial charge on any atom is -0.493 e. The summed E-state index contributed by atoms with van der Waals surface area (Å²) in [5.41, 5.74) is 8.38. The molecule has 0 aliphatic rings. The summed E-state index contributed by atoms with van der Waals surface area (Å²) in [6, 6.07) is 5.28. The third kappa shape index (κ3) is 4.92. The highest BCUT2D eigenvalue weighted by atomic mass is 16.5. The Balaban J connectivity index is 1.69. The van der Waals surface area contributed by atoms with Crippen LogP contribution in [0.3, 0.4) is 0 Å². The van der Waals surface area contributed by atoms with E-state index in [2.05, 4.69) is 20.7 Å². The number of primary amides is 1. The van der Waals surface area contributed by atoms with E-state index in [-0.39, 0.29) is 11.4 Å². The van der Waals surface area contributed by atoms with E-state index in [0.29, 0.717) is 29.6 Å². The van der Waals surface area contributed by atoms with Gasteiger partial charge < -0.3 is 25.0 Å². The van der Waals surface area contributed by atoms with Crippen LogP contribution in [0.1, 0.15) is 38.8 Å². The Hall–Kier alpha value is -4.08. The standard InChI is InChI=1S/C21H23N5O5/c1-11-15(13(3)31-26-11)10-30-16-7-5-14(9-17(16)29-4)6-8-18(27)23-19-12(2)24-25-20(19)21(22)28/h5-9H,10H2,1-4H3,(H2,22,28)(H,23,27)(H,24,25)/b8-6+. The van der Waals surface area contributed by atoms with Gasteiger partial charge in [0.2, 0.25) is 5.91 Å². The first-order valence-corrected chi connectivity index (χ1v) is 9.36. The summed E-state index contributed by atoms with van der Waals surface area (Å²) >= 11 is 0. The van der Waals surface area contributed by atoms with Gasteiger partial charge in [-0.15, -0.1) is 0 Å². The SMILES string of the molecule is COc1cc(/C=C/C(=O)Nc2c(C(N)=O)n[nH]c2C)ccc1OCc1c(C)noc1C. The summed E-state index contributed by atoms with van der Waals surface area (Å²) in [6.45, 7) is 5.64. The molecule has 162 valence electrons. The number of rotatable bonds is 8. The van der Waals surface area contributed by atoms with Crippen molar-refractivity contribution in [1.29, 1.82) is 0 Å². The van der Waals surface area contributed by atoms with Gasteiger partial charge in [-0.2, -0.15) is 5.10 Å². The summed E-state index contributed by atoms with van der Waals surface area (Å²) in [5, 5.41) is 12.9. The number of hydrogen-bond acceptors (Lipinski definition) is 7. The predicted octanol–water partition coefficient (Wildman–Crippen LogP) is 2.66. The predicted molar refractivity (Wildman–Crippen MR) is 113 cm³/mol. The maximum Gasteiger partial charge on any atom is 0.271 e. The van der Waals surface area contributed by atoms with Crippen molar-refractivity contribution in [2.75, 3.05) is 12.4 Å². The lowest BCUT2D eigenvalue weighted by Crippen LogP contribution is -2.16. The molecule has 2 amide bonds. The van der Waals surface area contributed by atoms with Crippen LogP contribution in [0.25, 0.3) is 6.08 Å². The highest BCUT2D eigenvalue weighted by molar-refractivity contribution is 6.07. The van der Waals surface area contributed by atoms with Gasteiger partial charge in [-0.1, -0.05) is 11.2 Å². The number of aromatic amines is 1. The minimum absolute atomic E-state index is 0.0271. The van der Waals surface area contributed by atoms with Crippen LogP contribution in [0, 0.1) is 20.8 Å².